The Morgan fingerprint density at radius 2 is 1.78 bits per heavy atom. The zero-order valence-corrected chi connectivity index (χ0v) is 5.48. The predicted molar refractivity (Wildman–Crippen MR) is 32.5 cm³/mol. The lowest BCUT2D eigenvalue weighted by Gasteiger charge is -2.06. The van der Waals surface area contributed by atoms with Crippen LogP contribution in [0.2, 0.25) is 0 Å². The molecule has 0 amide bonds. The van der Waals surface area contributed by atoms with E-state index in [1.165, 1.54) is 0 Å². The van der Waals surface area contributed by atoms with E-state index >= 15 is 0 Å². The zero-order valence-electron chi connectivity index (χ0n) is 5.48. The third kappa shape index (κ3) is 1.94. The highest BCUT2D eigenvalue weighted by Crippen LogP contribution is 2.20. The molecule has 1 rings (SSSR count). The van der Waals surface area contributed by atoms with Gasteiger partial charge in [0.25, 0.3) is 0 Å². The summed E-state index contributed by atoms with van der Waals surface area (Å²) in [6.45, 7) is 0. The van der Waals surface area contributed by atoms with E-state index in [-0.39, 0.29) is 0 Å². The van der Waals surface area contributed by atoms with E-state index in [0.29, 0.717) is 12.8 Å². The summed E-state index contributed by atoms with van der Waals surface area (Å²) in [5, 5.41) is 10.7. The highest BCUT2D eigenvalue weighted by molar-refractivity contribution is 4.70. The van der Waals surface area contributed by atoms with E-state index in [0.717, 1.165) is 19.3 Å². The Hall–Kier alpha value is -0.110. The zero-order chi connectivity index (χ0) is 6.69. The van der Waals surface area contributed by atoms with Crippen molar-refractivity contribution in [2.75, 3.05) is 0 Å². The normalized spacial score (nSPS) is 38.0. The molecule has 1 fully saturated rings. The molecular formula is C7H12FO. The van der Waals surface area contributed by atoms with E-state index in [1.54, 1.807) is 0 Å². The van der Waals surface area contributed by atoms with Crippen LogP contribution in [0.3, 0.4) is 0 Å². The second-order valence-corrected chi connectivity index (χ2v) is 2.69. The number of hydrogen-bond acceptors (Lipinski definition) is 0. The van der Waals surface area contributed by atoms with Gasteiger partial charge in [-0.1, -0.05) is 19.3 Å². The maximum absolute atomic E-state index is 12.5. The van der Waals surface area contributed by atoms with Crippen LogP contribution in [0.5, 0.6) is 0 Å². The predicted octanol–water partition coefficient (Wildman–Crippen LogP) is 2.09. The van der Waals surface area contributed by atoms with Crippen molar-refractivity contribution in [3.05, 3.63) is 0 Å². The van der Waals surface area contributed by atoms with Crippen molar-refractivity contribution in [1.82, 2.24) is 0 Å². The summed E-state index contributed by atoms with van der Waals surface area (Å²) in [5.41, 5.74) is 0. The van der Waals surface area contributed by atoms with E-state index < -0.39 is 12.3 Å². The summed E-state index contributed by atoms with van der Waals surface area (Å²) in [6, 6.07) is 0. The fourth-order valence-corrected chi connectivity index (χ4v) is 1.23. The van der Waals surface area contributed by atoms with Crippen LogP contribution in [0, 0.1) is 0 Å². The Morgan fingerprint density at radius 3 is 2.56 bits per heavy atom. The molecule has 9 heavy (non-hydrogen) atoms. The molecule has 0 spiro atoms. The molecule has 0 saturated heterocycles. The van der Waals surface area contributed by atoms with Gasteiger partial charge in [0.1, 0.15) is 12.3 Å². The topological polar surface area (TPSA) is 19.9 Å². The molecule has 1 nitrogen and oxygen atoms in total. The standard InChI is InChI=1S/C7H12FO/c8-6-4-2-1-3-5-7(6)9/h6-7H,1-5H2. The van der Waals surface area contributed by atoms with Crippen molar-refractivity contribution < 1.29 is 9.50 Å². The molecule has 2 heteroatoms. The van der Waals surface area contributed by atoms with E-state index in [2.05, 4.69) is 0 Å². The average molecular weight is 131 g/mol. The summed E-state index contributed by atoms with van der Waals surface area (Å²) in [4.78, 5) is 0. The summed E-state index contributed by atoms with van der Waals surface area (Å²) in [7, 11) is 0. The second kappa shape index (κ2) is 3.16. The first-order chi connectivity index (χ1) is 4.30. The molecule has 0 aromatic carbocycles. The monoisotopic (exact) mass is 131 g/mol. The Balaban J connectivity index is 2.32. The van der Waals surface area contributed by atoms with Crippen LogP contribution in [0.25, 0.3) is 0 Å². The van der Waals surface area contributed by atoms with Gasteiger partial charge in [0, 0.05) is 0 Å². The van der Waals surface area contributed by atoms with Gasteiger partial charge in [-0.25, -0.2) is 9.50 Å². The van der Waals surface area contributed by atoms with Crippen LogP contribution in [-0.4, -0.2) is 12.3 Å². The first-order valence-corrected chi connectivity index (χ1v) is 3.60. The third-order valence-electron chi connectivity index (χ3n) is 1.87. The number of halogens is 1. The van der Waals surface area contributed by atoms with Gasteiger partial charge in [0.2, 0.25) is 0 Å². The molecule has 0 aromatic rings. The smallest absolute Gasteiger partial charge is 0.129 e. The summed E-state index contributed by atoms with van der Waals surface area (Å²) >= 11 is 0. The molecule has 1 saturated carbocycles. The quantitative estimate of drug-likeness (QED) is 0.448. The Labute approximate surface area is 54.9 Å². The summed E-state index contributed by atoms with van der Waals surface area (Å²) in [5.74, 6) is 0. The van der Waals surface area contributed by atoms with E-state index in [9.17, 15) is 9.50 Å². The van der Waals surface area contributed by atoms with Crippen molar-refractivity contribution >= 4 is 0 Å². The van der Waals surface area contributed by atoms with Crippen molar-refractivity contribution in [3.8, 4) is 0 Å². The van der Waals surface area contributed by atoms with Crippen LogP contribution >= 0.6 is 0 Å². The summed E-state index contributed by atoms with van der Waals surface area (Å²) < 4.78 is 12.5. The maximum atomic E-state index is 12.5. The lowest BCUT2D eigenvalue weighted by molar-refractivity contribution is 0.0134. The number of alkyl halides is 1. The van der Waals surface area contributed by atoms with Gasteiger partial charge < -0.3 is 0 Å². The molecule has 0 heterocycles. The molecule has 2 unspecified atom stereocenters. The molecule has 0 aliphatic heterocycles. The van der Waals surface area contributed by atoms with Crippen molar-refractivity contribution in [2.24, 2.45) is 0 Å². The first kappa shape index (κ1) is 7.00. The molecule has 53 valence electrons. The molecule has 0 aromatic heterocycles. The van der Waals surface area contributed by atoms with Crippen LogP contribution in [0.15, 0.2) is 0 Å². The van der Waals surface area contributed by atoms with Gasteiger partial charge in [-0.15, -0.1) is 0 Å². The lowest BCUT2D eigenvalue weighted by Crippen LogP contribution is -2.17. The van der Waals surface area contributed by atoms with Crippen LogP contribution in [0.4, 0.5) is 4.39 Å². The largest absolute Gasteiger partial charge is 0.244 e. The number of rotatable bonds is 0. The minimum atomic E-state index is -1.06. The molecule has 2 atom stereocenters. The average Bonchev–Trinajstić information content (AvgIpc) is 1.99. The Bertz CT molecular complexity index is 75.0. The molecule has 0 N–H and O–H groups in total. The SMILES string of the molecule is [O]C1CCCCCC1F. The molecular weight excluding hydrogens is 119 g/mol. The summed E-state index contributed by atoms with van der Waals surface area (Å²) in [6.07, 6.45) is 1.92. The Kier molecular flexibility index (Phi) is 2.46. The van der Waals surface area contributed by atoms with Gasteiger partial charge >= 0.3 is 0 Å². The van der Waals surface area contributed by atoms with Crippen molar-refractivity contribution in [3.63, 3.8) is 0 Å². The van der Waals surface area contributed by atoms with Crippen molar-refractivity contribution in [2.45, 2.75) is 44.4 Å². The molecule has 1 aliphatic carbocycles. The minimum Gasteiger partial charge on any atom is -0.244 e. The van der Waals surface area contributed by atoms with Crippen LogP contribution in [0.1, 0.15) is 32.1 Å². The van der Waals surface area contributed by atoms with Crippen LogP contribution in [-0.2, 0) is 5.11 Å². The second-order valence-electron chi connectivity index (χ2n) is 2.69. The lowest BCUT2D eigenvalue weighted by atomic mass is 10.1. The van der Waals surface area contributed by atoms with E-state index in [4.69, 9.17) is 0 Å². The van der Waals surface area contributed by atoms with Gasteiger partial charge in [0.15, 0.2) is 0 Å². The Morgan fingerprint density at radius 1 is 1.11 bits per heavy atom. The fraction of sp³-hybridized carbons (Fsp3) is 1.00. The molecule has 1 radical (unpaired) electrons. The maximum Gasteiger partial charge on any atom is 0.129 e. The van der Waals surface area contributed by atoms with Crippen LogP contribution < -0.4 is 0 Å². The van der Waals surface area contributed by atoms with E-state index in [1.807, 2.05) is 0 Å². The van der Waals surface area contributed by atoms with Gasteiger partial charge in [0.05, 0.1) is 0 Å². The van der Waals surface area contributed by atoms with Gasteiger partial charge in [-0.05, 0) is 12.8 Å². The van der Waals surface area contributed by atoms with Gasteiger partial charge in [-0.2, -0.15) is 0 Å². The highest BCUT2D eigenvalue weighted by atomic mass is 19.1. The highest BCUT2D eigenvalue weighted by Gasteiger charge is 2.21. The third-order valence-corrected chi connectivity index (χ3v) is 1.87. The fourth-order valence-electron chi connectivity index (χ4n) is 1.23. The molecule has 0 bridgehead atoms. The first-order valence-electron chi connectivity index (χ1n) is 3.60. The number of hydrogen-bond donors (Lipinski definition) is 0. The van der Waals surface area contributed by atoms with Gasteiger partial charge in [-0.3, -0.25) is 0 Å². The minimum absolute atomic E-state index is 0.494. The van der Waals surface area contributed by atoms with Crippen molar-refractivity contribution in [1.29, 1.82) is 0 Å². The molecule has 1 aliphatic rings.